The van der Waals surface area contributed by atoms with Crippen LogP contribution in [0.3, 0.4) is 0 Å². The molecule has 0 unspecified atom stereocenters. The molecule has 1 atom stereocenters. The van der Waals surface area contributed by atoms with Crippen LogP contribution in [-0.2, 0) is 21.9 Å². The number of hydrogen-bond donors (Lipinski definition) is 1. The maximum atomic E-state index is 13.3. The second-order valence-electron chi connectivity index (χ2n) is 8.64. The number of sulfonamides is 1. The van der Waals surface area contributed by atoms with Gasteiger partial charge in [-0.05, 0) is 42.0 Å². The number of fused-ring (bicyclic) bond motifs is 2. The Morgan fingerprint density at radius 3 is 2.63 bits per heavy atom. The van der Waals surface area contributed by atoms with Gasteiger partial charge in [0.2, 0.25) is 15.9 Å². The summed E-state index contributed by atoms with van der Waals surface area (Å²) in [6.45, 7) is 1.35. The van der Waals surface area contributed by atoms with Gasteiger partial charge in [-0.2, -0.15) is 9.40 Å². The highest BCUT2D eigenvalue weighted by Crippen LogP contribution is 2.32. The van der Waals surface area contributed by atoms with Gasteiger partial charge in [0.1, 0.15) is 18.1 Å². The van der Waals surface area contributed by atoms with Gasteiger partial charge in [-0.1, -0.05) is 6.07 Å². The molecule has 11 heteroatoms. The number of aromatic nitrogens is 2. The molecule has 1 aromatic heterocycles. The molecule has 5 rings (SSSR count). The van der Waals surface area contributed by atoms with Crippen LogP contribution in [0.1, 0.15) is 0 Å². The molecule has 3 heterocycles. The molecule has 2 aliphatic heterocycles. The van der Waals surface area contributed by atoms with Crippen molar-refractivity contribution >= 4 is 21.6 Å². The molecule has 10 nitrogen and oxygen atoms in total. The van der Waals surface area contributed by atoms with E-state index in [0.29, 0.717) is 23.7 Å². The monoisotopic (exact) mass is 497 g/mol. The minimum Gasteiger partial charge on any atom is -0.497 e. The highest BCUT2D eigenvalue weighted by atomic mass is 32.2. The second kappa shape index (κ2) is 9.33. The van der Waals surface area contributed by atoms with Crippen molar-refractivity contribution in [3.63, 3.8) is 0 Å². The highest BCUT2D eigenvalue weighted by Gasteiger charge is 2.36. The van der Waals surface area contributed by atoms with Gasteiger partial charge >= 0.3 is 0 Å². The zero-order valence-corrected chi connectivity index (χ0v) is 20.4. The van der Waals surface area contributed by atoms with E-state index in [9.17, 15) is 13.2 Å². The maximum Gasteiger partial charge on any atom is 0.243 e. The highest BCUT2D eigenvalue weighted by molar-refractivity contribution is 7.89. The molecule has 184 valence electrons. The zero-order valence-electron chi connectivity index (χ0n) is 19.5. The van der Waals surface area contributed by atoms with Crippen molar-refractivity contribution in [2.45, 2.75) is 10.9 Å². The van der Waals surface area contributed by atoms with Crippen LogP contribution in [0.5, 0.6) is 11.5 Å². The molecule has 1 amide bonds. The number of benzene rings is 2. The molecular weight excluding hydrogens is 470 g/mol. The lowest BCUT2D eigenvalue weighted by Gasteiger charge is -2.39. The lowest BCUT2D eigenvalue weighted by Crippen LogP contribution is -2.57. The normalized spacial score (nSPS) is 19.4. The Morgan fingerprint density at radius 2 is 1.91 bits per heavy atom. The number of piperazine rings is 1. The third kappa shape index (κ3) is 4.75. The van der Waals surface area contributed by atoms with Gasteiger partial charge < -0.3 is 14.8 Å². The van der Waals surface area contributed by atoms with Gasteiger partial charge in [0.05, 0.1) is 36.5 Å². The second-order valence-corrected chi connectivity index (χ2v) is 10.6. The van der Waals surface area contributed by atoms with Crippen molar-refractivity contribution in [1.29, 1.82) is 0 Å². The van der Waals surface area contributed by atoms with E-state index in [4.69, 9.17) is 9.47 Å². The van der Waals surface area contributed by atoms with Crippen LogP contribution in [0.15, 0.2) is 59.8 Å². The summed E-state index contributed by atoms with van der Waals surface area (Å²) in [5.41, 5.74) is 2.43. The zero-order chi connectivity index (χ0) is 24.6. The molecule has 0 saturated carbocycles. The fourth-order valence-corrected chi connectivity index (χ4v) is 5.88. The number of anilines is 1. The van der Waals surface area contributed by atoms with E-state index in [1.165, 1.54) is 11.4 Å². The summed E-state index contributed by atoms with van der Waals surface area (Å²) in [5.74, 6) is 0.967. The van der Waals surface area contributed by atoms with E-state index in [1.807, 2.05) is 36.3 Å². The van der Waals surface area contributed by atoms with Crippen LogP contribution in [0.2, 0.25) is 0 Å². The first-order valence-corrected chi connectivity index (χ1v) is 12.7. The average Bonchev–Trinajstić information content (AvgIpc) is 3.31. The summed E-state index contributed by atoms with van der Waals surface area (Å²) < 4.78 is 40.9. The van der Waals surface area contributed by atoms with Crippen molar-refractivity contribution in [3.8, 4) is 22.6 Å². The van der Waals surface area contributed by atoms with Crippen molar-refractivity contribution in [1.82, 2.24) is 19.0 Å². The van der Waals surface area contributed by atoms with Crippen LogP contribution in [-0.4, -0.2) is 79.2 Å². The number of carbonyl (C=O) groups excluding carboxylic acids is 1. The quantitative estimate of drug-likeness (QED) is 0.586. The maximum absolute atomic E-state index is 13.3. The van der Waals surface area contributed by atoms with Crippen molar-refractivity contribution < 1.29 is 22.7 Å². The van der Waals surface area contributed by atoms with Crippen molar-refractivity contribution in [3.05, 3.63) is 54.9 Å². The van der Waals surface area contributed by atoms with Crippen LogP contribution >= 0.6 is 0 Å². The predicted octanol–water partition coefficient (Wildman–Crippen LogP) is 1.80. The summed E-state index contributed by atoms with van der Waals surface area (Å²) in [4.78, 5) is 15.0. The Bertz CT molecular complexity index is 1340. The average molecular weight is 498 g/mol. The molecule has 1 saturated heterocycles. The molecule has 0 spiro atoms. The Labute approximate surface area is 204 Å². The third-order valence-electron chi connectivity index (χ3n) is 6.33. The number of methoxy groups -OCH3 is 1. The first kappa shape index (κ1) is 23.3. The first-order chi connectivity index (χ1) is 16.8. The predicted molar refractivity (Wildman–Crippen MR) is 130 cm³/mol. The van der Waals surface area contributed by atoms with Crippen LogP contribution in [0, 0.1) is 0 Å². The van der Waals surface area contributed by atoms with Gasteiger partial charge in [0, 0.05) is 38.4 Å². The standard InChI is InChI=1S/C24H27N5O5S/c1-27-13-18(12-25-27)17-3-8-23-22(11-17)26-24(30)15-28-9-10-29(14-19(28)16-34-23)35(31,32)21-6-4-20(33-2)5-7-21/h3-8,11-13,19H,9-10,14-16H2,1-2H3,(H,26,30)/t19-/m0/s1. The lowest BCUT2D eigenvalue weighted by molar-refractivity contribution is -0.118. The van der Waals surface area contributed by atoms with Gasteiger partial charge in [0.15, 0.2) is 0 Å². The first-order valence-electron chi connectivity index (χ1n) is 11.3. The SMILES string of the molecule is COc1ccc(S(=O)(=O)N2CCN3CC(=O)Nc4cc(-c5cnn(C)c5)ccc4OC[C@@H]3C2)cc1. The van der Waals surface area contributed by atoms with Crippen molar-refractivity contribution in [2.24, 2.45) is 7.05 Å². The van der Waals surface area contributed by atoms with Crippen LogP contribution in [0.25, 0.3) is 11.1 Å². The lowest BCUT2D eigenvalue weighted by atomic mass is 10.1. The topological polar surface area (TPSA) is 106 Å². The summed E-state index contributed by atoms with van der Waals surface area (Å²) >= 11 is 0. The molecule has 3 aromatic rings. The minimum atomic E-state index is -3.69. The number of carbonyl (C=O) groups is 1. The van der Waals surface area contributed by atoms with E-state index in [-0.39, 0.29) is 43.1 Å². The molecule has 1 N–H and O–H groups in total. The van der Waals surface area contributed by atoms with E-state index in [2.05, 4.69) is 10.4 Å². The molecule has 0 radical (unpaired) electrons. The van der Waals surface area contributed by atoms with E-state index < -0.39 is 10.0 Å². The number of ether oxygens (including phenoxy) is 2. The number of aryl methyl sites for hydroxylation is 1. The summed E-state index contributed by atoms with van der Waals surface area (Å²) in [7, 11) is -0.306. The fraction of sp³-hybridized carbons (Fsp3) is 0.333. The molecule has 0 aliphatic carbocycles. The molecule has 35 heavy (non-hydrogen) atoms. The molecule has 2 aromatic carbocycles. The largest absolute Gasteiger partial charge is 0.497 e. The summed E-state index contributed by atoms with van der Waals surface area (Å²) in [6.07, 6.45) is 3.66. The Hall–Kier alpha value is -3.41. The molecule has 0 bridgehead atoms. The van der Waals surface area contributed by atoms with E-state index in [0.717, 1.165) is 11.1 Å². The minimum absolute atomic E-state index is 0.154. The van der Waals surface area contributed by atoms with Gasteiger partial charge in [-0.3, -0.25) is 14.4 Å². The van der Waals surface area contributed by atoms with Gasteiger partial charge in [-0.15, -0.1) is 0 Å². The van der Waals surface area contributed by atoms with Crippen LogP contribution < -0.4 is 14.8 Å². The number of nitrogens with one attached hydrogen (secondary N) is 1. The Morgan fingerprint density at radius 1 is 1.11 bits per heavy atom. The number of nitrogens with zero attached hydrogens (tertiary/aromatic N) is 4. The van der Waals surface area contributed by atoms with E-state index >= 15 is 0 Å². The van der Waals surface area contributed by atoms with Crippen LogP contribution in [0.4, 0.5) is 5.69 Å². The summed E-state index contributed by atoms with van der Waals surface area (Å²) in [5, 5.41) is 7.16. The number of amides is 1. The van der Waals surface area contributed by atoms with Crippen molar-refractivity contribution in [2.75, 3.05) is 45.2 Å². The molecule has 1 fully saturated rings. The Kier molecular flexibility index (Phi) is 6.22. The number of rotatable bonds is 4. The fourth-order valence-electron chi connectivity index (χ4n) is 4.41. The number of hydrogen-bond acceptors (Lipinski definition) is 7. The molecular formula is C24H27N5O5S. The molecule has 2 aliphatic rings. The smallest absolute Gasteiger partial charge is 0.243 e. The summed E-state index contributed by atoms with van der Waals surface area (Å²) in [6, 6.07) is 11.7. The van der Waals surface area contributed by atoms with Gasteiger partial charge in [0.25, 0.3) is 0 Å². The van der Waals surface area contributed by atoms with E-state index in [1.54, 1.807) is 35.1 Å². The Balaban J connectivity index is 1.36. The van der Waals surface area contributed by atoms with Gasteiger partial charge in [-0.25, -0.2) is 8.42 Å². The third-order valence-corrected chi connectivity index (χ3v) is 8.21.